The molecule has 0 bridgehead atoms. The van der Waals surface area contributed by atoms with E-state index in [0.29, 0.717) is 6.61 Å². The van der Waals surface area contributed by atoms with Crippen LogP contribution in [0, 0.1) is 0 Å². The fourth-order valence-electron chi connectivity index (χ4n) is 2.59. The number of hydrogen-bond donors (Lipinski definition) is 1. The number of rotatable bonds is 6. The van der Waals surface area contributed by atoms with Crippen LogP contribution in [0.1, 0.15) is 6.92 Å². The zero-order chi connectivity index (χ0) is 16.8. The highest BCUT2D eigenvalue weighted by Gasteiger charge is 2.17. The minimum absolute atomic E-state index is 0.652. The summed E-state index contributed by atoms with van der Waals surface area (Å²) in [5.41, 5.74) is 0.939. The van der Waals surface area contributed by atoms with Crippen molar-refractivity contribution in [3.8, 4) is 5.75 Å². The first-order valence-electron chi connectivity index (χ1n) is 8.04. The first-order valence-corrected chi connectivity index (χ1v) is 8.04. The van der Waals surface area contributed by atoms with E-state index in [2.05, 4.69) is 20.2 Å². The second kappa shape index (κ2) is 7.63. The van der Waals surface area contributed by atoms with Gasteiger partial charge in [0.05, 0.1) is 6.61 Å². The molecule has 1 aliphatic heterocycles. The number of ether oxygens (including phenoxy) is 1. The maximum absolute atomic E-state index is 10.8. The van der Waals surface area contributed by atoms with E-state index < -0.39 is 0 Å². The van der Waals surface area contributed by atoms with E-state index in [-0.39, 0.29) is 0 Å². The molecule has 126 valence electrons. The lowest BCUT2D eigenvalue weighted by Gasteiger charge is -2.33. The summed E-state index contributed by atoms with van der Waals surface area (Å²) in [6.45, 7) is 5.60. The number of anilines is 3. The van der Waals surface area contributed by atoms with Gasteiger partial charge in [-0.05, 0) is 31.2 Å². The summed E-state index contributed by atoms with van der Waals surface area (Å²) in [4.78, 5) is 23.3. The minimum atomic E-state index is 0.652. The highest BCUT2D eigenvalue weighted by Crippen LogP contribution is 2.21. The molecule has 24 heavy (non-hydrogen) atoms. The Balaban J connectivity index is 1.65. The van der Waals surface area contributed by atoms with Crippen LogP contribution in [0.3, 0.4) is 0 Å². The van der Waals surface area contributed by atoms with Crippen molar-refractivity contribution in [3.05, 3.63) is 36.7 Å². The molecule has 0 spiro atoms. The van der Waals surface area contributed by atoms with E-state index in [1.807, 2.05) is 37.3 Å². The van der Waals surface area contributed by atoms with Gasteiger partial charge in [-0.25, -0.2) is 9.97 Å². The van der Waals surface area contributed by atoms with Crippen molar-refractivity contribution in [1.29, 1.82) is 0 Å². The molecule has 1 fully saturated rings. The first kappa shape index (κ1) is 16.0. The van der Waals surface area contributed by atoms with E-state index in [9.17, 15) is 4.79 Å². The van der Waals surface area contributed by atoms with Crippen molar-refractivity contribution in [1.82, 2.24) is 14.9 Å². The molecule has 0 unspecified atom stereocenters. The lowest BCUT2D eigenvalue weighted by molar-refractivity contribution is -0.118. The average molecular weight is 327 g/mol. The third-order valence-corrected chi connectivity index (χ3v) is 3.88. The van der Waals surface area contributed by atoms with Crippen LogP contribution in [0.25, 0.3) is 0 Å². The number of carbonyl (C=O) groups excluding carboxylic acids is 1. The van der Waals surface area contributed by atoms with E-state index in [0.717, 1.165) is 55.7 Å². The number of nitrogens with zero attached hydrogens (tertiary/aromatic N) is 4. The minimum Gasteiger partial charge on any atom is -0.494 e. The zero-order valence-corrected chi connectivity index (χ0v) is 13.7. The Morgan fingerprint density at radius 2 is 1.92 bits per heavy atom. The topological polar surface area (TPSA) is 70.6 Å². The Morgan fingerprint density at radius 3 is 2.58 bits per heavy atom. The number of hydrogen-bond acceptors (Lipinski definition) is 6. The third-order valence-electron chi connectivity index (χ3n) is 3.88. The number of amides is 1. The molecule has 1 aromatic carbocycles. The van der Waals surface area contributed by atoms with Crippen molar-refractivity contribution >= 4 is 23.7 Å². The molecular formula is C17H21N5O2. The van der Waals surface area contributed by atoms with Crippen molar-refractivity contribution in [2.45, 2.75) is 6.92 Å². The largest absolute Gasteiger partial charge is 0.494 e. The van der Waals surface area contributed by atoms with E-state index in [1.165, 1.54) is 0 Å². The van der Waals surface area contributed by atoms with Gasteiger partial charge in [-0.1, -0.05) is 0 Å². The molecule has 7 nitrogen and oxygen atoms in total. The lowest BCUT2D eigenvalue weighted by Crippen LogP contribution is -2.46. The second-order valence-corrected chi connectivity index (χ2v) is 5.47. The number of piperazine rings is 1. The predicted molar refractivity (Wildman–Crippen MR) is 92.8 cm³/mol. The lowest BCUT2D eigenvalue weighted by atomic mass is 10.3. The van der Waals surface area contributed by atoms with Crippen molar-refractivity contribution < 1.29 is 9.53 Å². The Hall–Kier alpha value is -2.83. The maximum atomic E-state index is 10.8. The number of aromatic nitrogens is 2. The number of benzene rings is 1. The summed E-state index contributed by atoms with van der Waals surface area (Å²) in [5, 5.41) is 3.27. The number of carbonyl (C=O) groups is 1. The third kappa shape index (κ3) is 3.92. The molecular weight excluding hydrogens is 306 g/mol. The van der Waals surface area contributed by atoms with Crippen molar-refractivity contribution in [3.63, 3.8) is 0 Å². The molecule has 2 heterocycles. The van der Waals surface area contributed by atoms with Gasteiger partial charge in [0.2, 0.25) is 6.41 Å². The summed E-state index contributed by atoms with van der Waals surface area (Å²) in [6, 6.07) is 9.68. The smallest absolute Gasteiger partial charge is 0.209 e. The second-order valence-electron chi connectivity index (χ2n) is 5.47. The molecule has 1 aliphatic rings. The molecule has 0 saturated carbocycles. The molecule has 3 rings (SSSR count). The van der Waals surface area contributed by atoms with Crippen LogP contribution in [-0.4, -0.2) is 54.1 Å². The maximum Gasteiger partial charge on any atom is 0.209 e. The van der Waals surface area contributed by atoms with E-state index in [4.69, 9.17) is 4.74 Å². The van der Waals surface area contributed by atoms with Gasteiger partial charge in [0.15, 0.2) is 0 Å². The first-order chi connectivity index (χ1) is 11.8. The molecule has 2 aromatic rings. The molecule has 1 saturated heterocycles. The van der Waals surface area contributed by atoms with Gasteiger partial charge < -0.3 is 19.9 Å². The summed E-state index contributed by atoms with van der Waals surface area (Å²) in [6.07, 6.45) is 2.45. The van der Waals surface area contributed by atoms with Gasteiger partial charge in [-0.15, -0.1) is 0 Å². The van der Waals surface area contributed by atoms with Gasteiger partial charge >= 0.3 is 0 Å². The average Bonchev–Trinajstić information content (AvgIpc) is 2.64. The molecule has 1 N–H and O–H groups in total. The SMILES string of the molecule is CCOc1ccc(Nc2cc(N3CCN(C=O)CC3)ncn2)cc1. The van der Waals surface area contributed by atoms with Crippen LogP contribution < -0.4 is 15.0 Å². The van der Waals surface area contributed by atoms with E-state index in [1.54, 1.807) is 11.2 Å². The molecule has 0 radical (unpaired) electrons. The van der Waals surface area contributed by atoms with Crippen molar-refractivity contribution in [2.24, 2.45) is 0 Å². The van der Waals surface area contributed by atoms with Crippen LogP contribution in [-0.2, 0) is 4.79 Å². The summed E-state index contributed by atoms with van der Waals surface area (Å²) in [5.74, 6) is 2.45. The van der Waals surface area contributed by atoms with Gasteiger partial charge in [-0.3, -0.25) is 4.79 Å². The monoisotopic (exact) mass is 327 g/mol. The molecule has 7 heteroatoms. The summed E-state index contributed by atoms with van der Waals surface area (Å²) >= 11 is 0. The number of nitrogens with one attached hydrogen (secondary N) is 1. The summed E-state index contributed by atoms with van der Waals surface area (Å²) in [7, 11) is 0. The van der Waals surface area contributed by atoms with E-state index >= 15 is 0 Å². The predicted octanol–water partition coefficient (Wildman–Crippen LogP) is 1.90. The van der Waals surface area contributed by atoms with Crippen LogP contribution in [0.5, 0.6) is 5.75 Å². The molecule has 1 aromatic heterocycles. The normalized spacial score (nSPS) is 14.4. The summed E-state index contributed by atoms with van der Waals surface area (Å²) < 4.78 is 5.44. The fraction of sp³-hybridized carbons (Fsp3) is 0.353. The fourth-order valence-corrected chi connectivity index (χ4v) is 2.59. The molecule has 0 aliphatic carbocycles. The van der Waals surface area contributed by atoms with Crippen LogP contribution in [0.15, 0.2) is 36.7 Å². The Bertz CT molecular complexity index is 669. The quantitative estimate of drug-likeness (QED) is 0.817. The highest BCUT2D eigenvalue weighted by atomic mass is 16.5. The van der Waals surface area contributed by atoms with Gasteiger partial charge in [-0.2, -0.15) is 0 Å². The van der Waals surface area contributed by atoms with Crippen molar-refractivity contribution in [2.75, 3.05) is 43.0 Å². The van der Waals surface area contributed by atoms with Crippen LogP contribution in [0.2, 0.25) is 0 Å². The standard InChI is InChI=1S/C17H21N5O2/c1-2-24-15-5-3-14(4-6-15)20-16-11-17(19-12-18-16)22-9-7-21(13-23)8-10-22/h3-6,11-13H,2,7-10H2,1H3,(H,18,19,20). The Kier molecular flexibility index (Phi) is 5.10. The highest BCUT2D eigenvalue weighted by molar-refractivity contribution is 5.60. The molecule has 0 atom stereocenters. The zero-order valence-electron chi connectivity index (χ0n) is 13.7. The van der Waals surface area contributed by atoms with Gasteiger partial charge in [0.25, 0.3) is 0 Å². The van der Waals surface area contributed by atoms with Crippen LogP contribution >= 0.6 is 0 Å². The van der Waals surface area contributed by atoms with Crippen LogP contribution in [0.4, 0.5) is 17.3 Å². The van der Waals surface area contributed by atoms with Gasteiger partial charge in [0, 0.05) is 37.9 Å². The Morgan fingerprint density at radius 1 is 1.17 bits per heavy atom. The Labute approximate surface area is 141 Å². The molecule has 1 amide bonds. The van der Waals surface area contributed by atoms with Gasteiger partial charge in [0.1, 0.15) is 23.7 Å².